The van der Waals surface area contributed by atoms with E-state index >= 15 is 0 Å². The number of aromatic nitrogens is 1. The Kier molecular flexibility index (Phi) is 4.42. The molecule has 0 unspecified atom stereocenters. The van der Waals surface area contributed by atoms with Crippen molar-refractivity contribution in [2.45, 2.75) is 6.18 Å². The van der Waals surface area contributed by atoms with Crippen LogP contribution in [-0.4, -0.2) is 11.2 Å². The highest BCUT2D eigenvalue weighted by molar-refractivity contribution is 5.99. The second kappa shape index (κ2) is 6.68. The van der Waals surface area contributed by atoms with Gasteiger partial charge in [0, 0.05) is 11.6 Å². The van der Waals surface area contributed by atoms with Gasteiger partial charge in [0.1, 0.15) is 0 Å². The van der Waals surface area contributed by atoms with Gasteiger partial charge in [-0.05, 0) is 12.1 Å². The minimum Gasteiger partial charge on any atom is -0.354 e. The molecule has 5 nitrogen and oxygen atoms in total. The Bertz CT molecular complexity index is 876. The number of hydrogen-bond donors (Lipinski definition) is 2. The highest BCUT2D eigenvalue weighted by Crippen LogP contribution is 2.34. The fourth-order valence-electron chi connectivity index (χ4n) is 2.18. The van der Waals surface area contributed by atoms with E-state index in [4.69, 9.17) is 4.52 Å². The zero-order chi connectivity index (χ0) is 17.9. The van der Waals surface area contributed by atoms with Gasteiger partial charge in [-0.1, -0.05) is 47.6 Å². The van der Waals surface area contributed by atoms with Gasteiger partial charge in [0.2, 0.25) is 0 Å². The van der Waals surface area contributed by atoms with Gasteiger partial charge in [-0.2, -0.15) is 13.2 Å². The van der Waals surface area contributed by atoms with Gasteiger partial charge in [0.15, 0.2) is 11.6 Å². The first kappa shape index (κ1) is 16.6. The van der Waals surface area contributed by atoms with Crippen molar-refractivity contribution in [2.24, 2.45) is 0 Å². The molecule has 0 saturated carbocycles. The molecule has 128 valence electrons. The summed E-state index contributed by atoms with van der Waals surface area (Å²) in [5.41, 5.74) is -0.527. The Hall–Kier alpha value is -3.29. The van der Waals surface area contributed by atoms with Crippen molar-refractivity contribution in [3.8, 4) is 11.3 Å². The van der Waals surface area contributed by atoms with Crippen molar-refractivity contribution in [1.29, 1.82) is 0 Å². The maximum Gasteiger partial charge on any atom is 0.418 e. The maximum absolute atomic E-state index is 12.9. The van der Waals surface area contributed by atoms with Crippen molar-refractivity contribution in [3.63, 3.8) is 0 Å². The minimum absolute atomic E-state index is 0.0841. The van der Waals surface area contributed by atoms with E-state index in [1.165, 1.54) is 24.3 Å². The number of nitrogens with one attached hydrogen (secondary N) is 2. The SMILES string of the molecule is O=C(Nc1cc(-c2ccccc2)on1)Nc1ccccc1C(F)(F)F. The summed E-state index contributed by atoms with van der Waals surface area (Å²) in [6.07, 6.45) is -4.57. The van der Waals surface area contributed by atoms with Crippen LogP contribution in [-0.2, 0) is 6.18 Å². The molecule has 2 N–H and O–H groups in total. The van der Waals surface area contributed by atoms with Gasteiger partial charge in [-0.15, -0.1) is 0 Å². The molecule has 25 heavy (non-hydrogen) atoms. The Morgan fingerprint density at radius 1 is 0.960 bits per heavy atom. The average Bonchev–Trinajstić information content (AvgIpc) is 3.03. The number of rotatable bonds is 3. The summed E-state index contributed by atoms with van der Waals surface area (Å²) in [7, 11) is 0. The highest BCUT2D eigenvalue weighted by atomic mass is 19.4. The first-order chi connectivity index (χ1) is 11.9. The van der Waals surface area contributed by atoms with Crippen molar-refractivity contribution in [1.82, 2.24) is 5.16 Å². The van der Waals surface area contributed by atoms with E-state index in [0.717, 1.165) is 11.6 Å². The molecule has 3 rings (SSSR count). The number of hydrogen-bond acceptors (Lipinski definition) is 3. The van der Waals surface area contributed by atoms with Gasteiger partial charge < -0.3 is 9.84 Å². The van der Waals surface area contributed by atoms with Crippen LogP contribution < -0.4 is 10.6 Å². The normalized spacial score (nSPS) is 11.2. The number of alkyl halides is 3. The smallest absolute Gasteiger partial charge is 0.354 e. The molecule has 3 aromatic rings. The quantitative estimate of drug-likeness (QED) is 0.700. The molecule has 2 aromatic carbocycles. The van der Waals surface area contributed by atoms with Gasteiger partial charge in [-0.3, -0.25) is 5.32 Å². The van der Waals surface area contributed by atoms with E-state index < -0.39 is 17.8 Å². The second-order valence-corrected chi connectivity index (χ2v) is 5.06. The number of para-hydroxylation sites is 1. The van der Waals surface area contributed by atoms with Gasteiger partial charge in [0.25, 0.3) is 0 Å². The predicted octanol–water partition coefficient (Wildman–Crippen LogP) is 5.00. The highest BCUT2D eigenvalue weighted by Gasteiger charge is 2.33. The largest absolute Gasteiger partial charge is 0.418 e. The molecule has 0 saturated heterocycles. The van der Waals surface area contributed by atoms with E-state index in [1.807, 2.05) is 18.2 Å². The number of nitrogens with zero attached hydrogens (tertiary/aromatic N) is 1. The molecule has 8 heteroatoms. The Labute approximate surface area is 140 Å². The van der Waals surface area contributed by atoms with Gasteiger partial charge >= 0.3 is 12.2 Å². The molecule has 1 heterocycles. The average molecular weight is 347 g/mol. The molecule has 0 atom stereocenters. The molecule has 1 aromatic heterocycles. The molecule has 0 aliphatic carbocycles. The zero-order valence-corrected chi connectivity index (χ0v) is 12.7. The first-order valence-corrected chi connectivity index (χ1v) is 7.20. The summed E-state index contributed by atoms with van der Waals surface area (Å²) >= 11 is 0. The number of carbonyl (C=O) groups is 1. The van der Waals surface area contributed by atoms with Crippen molar-refractivity contribution < 1.29 is 22.5 Å². The van der Waals surface area contributed by atoms with Crippen molar-refractivity contribution in [2.75, 3.05) is 10.6 Å². The fourth-order valence-corrected chi connectivity index (χ4v) is 2.18. The third kappa shape index (κ3) is 3.97. The Morgan fingerprint density at radius 3 is 2.36 bits per heavy atom. The zero-order valence-electron chi connectivity index (χ0n) is 12.7. The van der Waals surface area contributed by atoms with Crippen LogP contribution in [0.15, 0.2) is 65.2 Å². The maximum atomic E-state index is 12.9. The summed E-state index contributed by atoms with van der Waals surface area (Å²) in [4.78, 5) is 11.9. The lowest BCUT2D eigenvalue weighted by molar-refractivity contribution is -0.136. The predicted molar refractivity (Wildman–Crippen MR) is 86.0 cm³/mol. The van der Waals surface area contributed by atoms with Crippen molar-refractivity contribution >= 4 is 17.5 Å². The Balaban J connectivity index is 1.71. The monoisotopic (exact) mass is 347 g/mol. The summed E-state index contributed by atoms with van der Waals surface area (Å²) in [6, 6.07) is 14.4. The lowest BCUT2D eigenvalue weighted by atomic mass is 10.1. The van der Waals surface area contributed by atoms with E-state index in [1.54, 1.807) is 12.1 Å². The van der Waals surface area contributed by atoms with Crippen LogP contribution >= 0.6 is 0 Å². The summed E-state index contributed by atoms with van der Waals surface area (Å²) < 4.78 is 43.9. The third-order valence-electron chi connectivity index (χ3n) is 3.29. The van der Waals surface area contributed by atoms with Crippen LogP contribution in [0.3, 0.4) is 0 Å². The number of amides is 2. The molecule has 0 spiro atoms. The lowest BCUT2D eigenvalue weighted by Crippen LogP contribution is -2.21. The number of anilines is 2. The summed E-state index contributed by atoms with van der Waals surface area (Å²) in [5.74, 6) is 0.507. The molecule has 0 aliphatic rings. The summed E-state index contributed by atoms with van der Waals surface area (Å²) in [6.45, 7) is 0. The minimum atomic E-state index is -4.57. The number of carbonyl (C=O) groups excluding carboxylic acids is 1. The molecular formula is C17H12F3N3O2. The van der Waals surface area contributed by atoms with Gasteiger partial charge in [-0.25, -0.2) is 4.79 Å². The number of halogens is 3. The third-order valence-corrected chi connectivity index (χ3v) is 3.29. The lowest BCUT2D eigenvalue weighted by Gasteiger charge is -2.13. The van der Waals surface area contributed by atoms with E-state index in [0.29, 0.717) is 5.76 Å². The molecule has 0 fully saturated rings. The van der Waals surface area contributed by atoms with Crippen LogP contribution in [0.5, 0.6) is 0 Å². The van der Waals surface area contributed by atoms with Crippen molar-refractivity contribution in [3.05, 3.63) is 66.2 Å². The summed E-state index contributed by atoms with van der Waals surface area (Å²) in [5, 5.41) is 8.18. The van der Waals surface area contributed by atoms with Gasteiger partial charge in [0.05, 0.1) is 11.3 Å². The second-order valence-electron chi connectivity index (χ2n) is 5.06. The first-order valence-electron chi connectivity index (χ1n) is 7.20. The van der Waals surface area contributed by atoms with E-state index in [2.05, 4.69) is 15.8 Å². The van der Waals surface area contributed by atoms with Crippen LogP contribution in [0.1, 0.15) is 5.56 Å². The molecule has 0 bridgehead atoms. The molecule has 2 amide bonds. The molecular weight excluding hydrogens is 335 g/mol. The molecule has 0 radical (unpaired) electrons. The fraction of sp³-hybridized carbons (Fsp3) is 0.0588. The topological polar surface area (TPSA) is 67.2 Å². The van der Waals surface area contributed by atoms with Crippen LogP contribution in [0.2, 0.25) is 0 Å². The van der Waals surface area contributed by atoms with E-state index in [9.17, 15) is 18.0 Å². The number of benzene rings is 2. The van der Waals surface area contributed by atoms with E-state index in [-0.39, 0.29) is 11.5 Å². The number of urea groups is 1. The van der Waals surface area contributed by atoms with Crippen LogP contribution in [0, 0.1) is 0 Å². The standard InChI is InChI=1S/C17H12F3N3O2/c18-17(19,20)12-8-4-5-9-13(12)21-16(24)22-15-10-14(25-23-15)11-6-2-1-3-7-11/h1-10H,(H2,21,22,23,24). The molecule has 0 aliphatic heterocycles. The van der Waals surface area contributed by atoms with Crippen LogP contribution in [0.25, 0.3) is 11.3 Å². The Morgan fingerprint density at radius 2 is 1.64 bits per heavy atom. The van der Waals surface area contributed by atoms with Crippen LogP contribution in [0.4, 0.5) is 29.5 Å².